The van der Waals surface area contributed by atoms with Crippen LogP contribution in [0.3, 0.4) is 0 Å². The number of nitrogens with two attached hydrogens (primary N) is 1. The van der Waals surface area contributed by atoms with Gasteiger partial charge in [-0.3, -0.25) is 0 Å². The first-order valence-corrected chi connectivity index (χ1v) is 3.13. The van der Waals surface area contributed by atoms with Crippen LogP contribution in [-0.2, 0) is 0 Å². The molecule has 0 aromatic carbocycles. The van der Waals surface area contributed by atoms with Crippen molar-refractivity contribution in [2.45, 2.75) is 26.3 Å². The summed E-state index contributed by atoms with van der Waals surface area (Å²) in [7, 11) is 0. The zero-order valence-corrected chi connectivity index (χ0v) is 5.52. The number of hydrogen-bond donors (Lipinski definition) is 1. The zero-order valence-electron chi connectivity index (χ0n) is 5.52. The minimum Gasteiger partial charge on any atom is -0.327 e. The monoisotopic (exact) mass is 111 g/mol. The summed E-state index contributed by atoms with van der Waals surface area (Å²) in [5.41, 5.74) is 7.17. The van der Waals surface area contributed by atoms with Gasteiger partial charge in [-0.1, -0.05) is 18.6 Å². The first-order chi connectivity index (χ1) is 3.70. The van der Waals surface area contributed by atoms with Crippen LogP contribution >= 0.6 is 0 Å². The van der Waals surface area contributed by atoms with Gasteiger partial charge in [-0.2, -0.15) is 0 Å². The van der Waals surface area contributed by atoms with Crippen molar-refractivity contribution in [2.24, 2.45) is 11.7 Å². The first kappa shape index (κ1) is 5.83. The van der Waals surface area contributed by atoms with Crippen LogP contribution in [0.1, 0.15) is 20.3 Å². The maximum absolute atomic E-state index is 5.72. The molecule has 8 heavy (non-hydrogen) atoms. The van der Waals surface area contributed by atoms with Crippen LogP contribution in [0.15, 0.2) is 11.6 Å². The molecule has 2 atom stereocenters. The van der Waals surface area contributed by atoms with Gasteiger partial charge >= 0.3 is 0 Å². The predicted octanol–water partition coefficient (Wildman–Crippen LogP) is 1.30. The molecule has 0 radical (unpaired) electrons. The van der Waals surface area contributed by atoms with Crippen LogP contribution in [0.25, 0.3) is 0 Å². The molecule has 0 aliphatic heterocycles. The molecule has 0 fully saturated rings. The fraction of sp³-hybridized carbons (Fsp3) is 0.714. The van der Waals surface area contributed by atoms with Crippen molar-refractivity contribution in [2.75, 3.05) is 0 Å². The third-order valence-electron chi connectivity index (χ3n) is 1.78. The highest BCUT2D eigenvalue weighted by atomic mass is 14.7. The van der Waals surface area contributed by atoms with Gasteiger partial charge in [0.1, 0.15) is 0 Å². The van der Waals surface area contributed by atoms with Crippen molar-refractivity contribution in [3.05, 3.63) is 11.6 Å². The lowest BCUT2D eigenvalue weighted by Crippen LogP contribution is -2.22. The Morgan fingerprint density at radius 3 is 2.50 bits per heavy atom. The maximum atomic E-state index is 5.72. The summed E-state index contributed by atoms with van der Waals surface area (Å²) < 4.78 is 0. The molecule has 1 unspecified atom stereocenters. The van der Waals surface area contributed by atoms with E-state index in [-0.39, 0.29) is 0 Å². The molecule has 1 heteroatoms. The highest BCUT2D eigenvalue weighted by Crippen LogP contribution is 2.21. The van der Waals surface area contributed by atoms with Gasteiger partial charge in [-0.15, -0.1) is 0 Å². The largest absolute Gasteiger partial charge is 0.327 e. The minimum atomic E-state index is 0.398. The second-order valence-corrected chi connectivity index (χ2v) is 2.74. The lowest BCUT2D eigenvalue weighted by molar-refractivity contribution is 0.575. The number of hydrogen-bond acceptors (Lipinski definition) is 1. The van der Waals surface area contributed by atoms with Crippen molar-refractivity contribution in [3.8, 4) is 0 Å². The smallest absolute Gasteiger partial charge is 0.0137 e. The SMILES string of the molecule is CC1=CC(C)[C@@H](N)C1. The summed E-state index contributed by atoms with van der Waals surface area (Å²) in [6.45, 7) is 4.31. The van der Waals surface area contributed by atoms with Gasteiger partial charge in [-0.05, 0) is 19.3 Å². The molecule has 0 heterocycles. The highest BCUT2D eigenvalue weighted by molar-refractivity contribution is 5.11. The van der Waals surface area contributed by atoms with E-state index in [1.54, 1.807) is 0 Å². The molecule has 0 aromatic heterocycles. The molecular formula is C7H13N. The van der Waals surface area contributed by atoms with Crippen molar-refractivity contribution in [1.82, 2.24) is 0 Å². The Bertz CT molecular complexity index is 116. The Balaban J connectivity index is 2.56. The van der Waals surface area contributed by atoms with Crippen LogP contribution in [0.5, 0.6) is 0 Å². The Morgan fingerprint density at radius 1 is 1.75 bits per heavy atom. The van der Waals surface area contributed by atoms with Gasteiger partial charge in [0.2, 0.25) is 0 Å². The summed E-state index contributed by atoms with van der Waals surface area (Å²) in [5, 5.41) is 0. The van der Waals surface area contributed by atoms with Crippen molar-refractivity contribution in [3.63, 3.8) is 0 Å². The fourth-order valence-electron chi connectivity index (χ4n) is 1.20. The van der Waals surface area contributed by atoms with Crippen molar-refractivity contribution >= 4 is 0 Å². The molecule has 2 N–H and O–H groups in total. The number of rotatable bonds is 0. The van der Waals surface area contributed by atoms with Gasteiger partial charge in [0.15, 0.2) is 0 Å². The molecule has 0 amide bonds. The second-order valence-electron chi connectivity index (χ2n) is 2.74. The van der Waals surface area contributed by atoms with E-state index in [0.717, 1.165) is 6.42 Å². The fourth-order valence-corrected chi connectivity index (χ4v) is 1.20. The molecule has 1 aliphatic carbocycles. The highest BCUT2D eigenvalue weighted by Gasteiger charge is 2.16. The topological polar surface area (TPSA) is 26.0 Å². The van der Waals surface area contributed by atoms with E-state index in [1.165, 1.54) is 5.57 Å². The van der Waals surface area contributed by atoms with E-state index in [2.05, 4.69) is 19.9 Å². The Labute approximate surface area is 50.6 Å². The summed E-state index contributed by atoms with van der Waals surface area (Å²) >= 11 is 0. The lowest BCUT2D eigenvalue weighted by Gasteiger charge is -2.05. The molecule has 46 valence electrons. The average Bonchev–Trinajstić information content (AvgIpc) is 1.85. The van der Waals surface area contributed by atoms with Gasteiger partial charge in [-0.25, -0.2) is 0 Å². The maximum Gasteiger partial charge on any atom is 0.0137 e. The summed E-state index contributed by atoms with van der Waals surface area (Å²) in [6.07, 6.45) is 3.35. The van der Waals surface area contributed by atoms with Crippen LogP contribution in [0.4, 0.5) is 0 Å². The summed E-state index contributed by atoms with van der Waals surface area (Å²) in [4.78, 5) is 0. The van der Waals surface area contributed by atoms with Crippen molar-refractivity contribution < 1.29 is 0 Å². The molecule has 1 nitrogen and oxygen atoms in total. The average molecular weight is 111 g/mol. The molecule has 0 aromatic rings. The summed E-state index contributed by atoms with van der Waals surface area (Å²) in [6, 6.07) is 0.398. The van der Waals surface area contributed by atoms with Gasteiger partial charge < -0.3 is 5.73 Å². The molecule has 0 saturated carbocycles. The zero-order chi connectivity index (χ0) is 6.15. The first-order valence-electron chi connectivity index (χ1n) is 3.13. The minimum absolute atomic E-state index is 0.398. The molecule has 0 bridgehead atoms. The van der Waals surface area contributed by atoms with Crippen LogP contribution in [0.2, 0.25) is 0 Å². The van der Waals surface area contributed by atoms with E-state index >= 15 is 0 Å². The van der Waals surface area contributed by atoms with E-state index in [1.807, 2.05) is 0 Å². The molecular weight excluding hydrogens is 98.1 g/mol. The van der Waals surface area contributed by atoms with Gasteiger partial charge in [0, 0.05) is 6.04 Å². The van der Waals surface area contributed by atoms with Crippen molar-refractivity contribution in [1.29, 1.82) is 0 Å². The second kappa shape index (κ2) is 1.90. The van der Waals surface area contributed by atoms with Crippen LogP contribution < -0.4 is 5.73 Å². The lowest BCUT2D eigenvalue weighted by atomic mass is 10.1. The normalized spacial score (nSPS) is 37.6. The van der Waals surface area contributed by atoms with E-state index < -0.39 is 0 Å². The van der Waals surface area contributed by atoms with Crippen LogP contribution in [-0.4, -0.2) is 6.04 Å². The van der Waals surface area contributed by atoms with Crippen LogP contribution in [0, 0.1) is 5.92 Å². The Kier molecular flexibility index (Phi) is 1.39. The summed E-state index contributed by atoms with van der Waals surface area (Å²) in [5.74, 6) is 0.606. The molecule has 1 rings (SSSR count). The third-order valence-corrected chi connectivity index (χ3v) is 1.78. The van der Waals surface area contributed by atoms with Gasteiger partial charge in [0.05, 0.1) is 0 Å². The molecule has 0 spiro atoms. The Hall–Kier alpha value is -0.300. The molecule has 1 aliphatic rings. The third kappa shape index (κ3) is 0.920. The molecule has 0 saturated heterocycles. The predicted molar refractivity (Wildman–Crippen MR) is 35.5 cm³/mol. The quantitative estimate of drug-likeness (QED) is 0.468. The van der Waals surface area contributed by atoms with Gasteiger partial charge in [0.25, 0.3) is 0 Å². The van der Waals surface area contributed by atoms with E-state index in [4.69, 9.17) is 5.73 Å². The standard InChI is InChI=1S/C7H13N/c1-5-3-6(2)7(8)4-5/h3,6-7H,4,8H2,1-2H3/t6?,7-/m0/s1. The Morgan fingerprint density at radius 2 is 2.38 bits per heavy atom. The van der Waals surface area contributed by atoms with E-state index in [0.29, 0.717) is 12.0 Å². The van der Waals surface area contributed by atoms with E-state index in [9.17, 15) is 0 Å².